The predicted molar refractivity (Wildman–Crippen MR) is 118 cm³/mol. The number of carbonyl (C=O) groups is 2. The Morgan fingerprint density at radius 1 is 1.23 bits per heavy atom. The number of allylic oxidation sites excluding steroid dienone is 1. The van der Waals surface area contributed by atoms with E-state index in [0.717, 1.165) is 16.9 Å². The van der Waals surface area contributed by atoms with Gasteiger partial charge in [-0.15, -0.1) is 6.58 Å². The Bertz CT molecular complexity index is 1170. The molecule has 0 N–H and O–H groups in total. The third-order valence-corrected chi connectivity index (χ3v) is 5.40. The molecule has 0 fully saturated rings. The normalized spacial score (nSPS) is 18.4. The lowest BCUT2D eigenvalue weighted by molar-refractivity contribution is -0.161. The van der Waals surface area contributed by atoms with Gasteiger partial charge in [-0.05, 0) is 45.4 Å². The van der Waals surface area contributed by atoms with Crippen molar-refractivity contribution in [3.05, 3.63) is 72.1 Å². The first kappa shape index (κ1) is 20.8. The molecular weight excluding hydrogens is 392 g/mol. The lowest BCUT2D eigenvalue weighted by atomic mass is 9.92. The number of fused-ring (bicyclic) bond motifs is 3. The van der Waals surface area contributed by atoms with E-state index in [1.807, 2.05) is 47.9 Å². The topological polar surface area (TPSA) is 70.4 Å². The number of imidazole rings is 1. The average Bonchev–Trinajstić information content (AvgIpc) is 3.05. The third kappa shape index (κ3) is 3.63. The van der Waals surface area contributed by atoms with Gasteiger partial charge in [0, 0.05) is 6.54 Å². The molecule has 6 nitrogen and oxygen atoms in total. The quantitative estimate of drug-likeness (QED) is 0.449. The molecule has 0 bridgehead atoms. The Balaban J connectivity index is 1.86. The average molecular weight is 418 g/mol. The maximum Gasteiger partial charge on any atom is 0.312 e. The van der Waals surface area contributed by atoms with Gasteiger partial charge in [-0.25, -0.2) is 4.98 Å². The fraction of sp³-hybridized carbons (Fsp3) is 0.320. The molecule has 6 heteroatoms. The van der Waals surface area contributed by atoms with Crippen molar-refractivity contribution >= 4 is 22.8 Å². The van der Waals surface area contributed by atoms with Crippen LogP contribution in [0.5, 0.6) is 5.75 Å². The highest BCUT2D eigenvalue weighted by atomic mass is 16.6. The summed E-state index contributed by atoms with van der Waals surface area (Å²) in [7, 11) is 0. The Kier molecular flexibility index (Phi) is 5.17. The molecule has 2 aromatic carbocycles. The van der Waals surface area contributed by atoms with Crippen LogP contribution < -0.4 is 4.74 Å². The number of carbonyl (C=O) groups excluding carboxylic acids is 2. The standard InChI is InChI=1S/C25H26N2O4/c1-6-14-27-15(2)26-19-18(27)13-12-17-20(28)23(31-24(29)25(3,4)5)21(30-22(17)19)16-10-8-7-9-11-16/h6-13,21,23H,1,14H2,2-5H3/t21-,23+/m1/s1. The second kappa shape index (κ2) is 7.69. The van der Waals surface area contributed by atoms with Crippen LogP contribution in [0.1, 0.15) is 48.6 Å². The summed E-state index contributed by atoms with van der Waals surface area (Å²) in [4.78, 5) is 30.8. The number of aryl methyl sites for hydroxylation is 1. The lowest BCUT2D eigenvalue weighted by Crippen LogP contribution is -2.42. The molecule has 0 amide bonds. The van der Waals surface area contributed by atoms with Gasteiger partial charge in [0.15, 0.2) is 11.9 Å². The van der Waals surface area contributed by atoms with Gasteiger partial charge >= 0.3 is 5.97 Å². The first-order valence-corrected chi connectivity index (χ1v) is 10.3. The minimum Gasteiger partial charge on any atom is -0.478 e. The van der Waals surface area contributed by atoms with Crippen molar-refractivity contribution < 1.29 is 19.1 Å². The molecule has 160 valence electrons. The molecule has 0 aliphatic carbocycles. The van der Waals surface area contributed by atoms with E-state index in [0.29, 0.717) is 23.4 Å². The molecule has 1 aliphatic heterocycles. The Labute approximate surface area is 181 Å². The number of ether oxygens (including phenoxy) is 2. The van der Waals surface area contributed by atoms with Crippen molar-refractivity contribution in [3.8, 4) is 5.75 Å². The summed E-state index contributed by atoms with van der Waals surface area (Å²) in [5, 5.41) is 0. The zero-order valence-corrected chi connectivity index (χ0v) is 18.2. The molecule has 0 unspecified atom stereocenters. The Hall–Kier alpha value is -3.41. The summed E-state index contributed by atoms with van der Waals surface area (Å²) in [5.41, 5.74) is 1.86. The van der Waals surface area contributed by atoms with Crippen molar-refractivity contribution in [2.45, 2.75) is 46.4 Å². The molecule has 31 heavy (non-hydrogen) atoms. The van der Waals surface area contributed by atoms with E-state index in [-0.39, 0.29) is 5.78 Å². The van der Waals surface area contributed by atoms with Gasteiger partial charge in [-0.3, -0.25) is 9.59 Å². The summed E-state index contributed by atoms with van der Waals surface area (Å²) in [6.07, 6.45) is -0.0349. The maximum atomic E-state index is 13.5. The number of rotatable bonds is 4. The summed E-state index contributed by atoms with van der Waals surface area (Å²) in [6.45, 7) is 11.6. The van der Waals surface area contributed by atoms with Gasteiger partial charge in [-0.2, -0.15) is 0 Å². The minimum absolute atomic E-state index is 0.287. The van der Waals surface area contributed by atoms with E-state index < -0.39 is 23.6 Å². The number of nitrogens with zero attached hydrogens (tertiary/aromatic N) is 2. The molecule has 3 aromatic rings. The van der Waals surface area contributed by atoms with Gasteiger partial charge in [0.25, 0.3) is 0 Å². The number of aromatic nitrogens is 2. The molecule has 2 heterocycles. The second-order valence-corrected chi connectivity index (χ2v) is 8.76. The zero-order chi connectivity index (χ0) is 22.3. The van der Waals surface area contributed by atoms with Crippen molar-refractivity contribution in [1.29, 1.82) is 0 Å². The monoisotopic (exact) mass is 418 g/mol. The molecule has 0 saturated heterocycles. The number of esters is 1. The van der Waals surface area contributed by atoms with Crippen LogP contribution in [0.15, 0.2) is 55.1 Å². The van der Waals surface area contributed by atoms with Crippen LogP contribution in [0.2, 0.25) is 0 Å². The number of hydrogen-bond acceptors (Lipinski definition) is 5. The van der Waals surface area contributed by atoms with Crippen LogP contribution in [0.25, 0.3) is 11.0 Å². The molecule has 1 aromatic heterocycles. The molecule has 4 rings (SSSR count). The SMILES string of the molecule is C=CCn1c(C)nc2c3c(ccc21)C(=O)[C@H](OC(=O)C(C)(C)C)[C@@H](c1ccccc1)O3. The Morgan fingerprint density at radius 3 is 2.58 bits per heavy atom. The number of ketones is 1. The van der Waals surface area contributed by atoms with Gasteiger partial charge < -0.3 is 14.0 Å². The van der Waals surface area contributed by atoms with E-state index in [4.69, 9.17) is 9.47 Å². The summed E-state index contributed by atoms with van der Waals surface area (Å²) < 4.78 is 14.1. The first-order chi connectivity index (χ1) is 14.7. The largest absolute Gasteiger partial charge is 0.478 e. The van der Waals surface area contributed by atoms with Crippen LogP contribution in [-0.2, 0) is 16.1 Å². The molecule has 0 saturated carbocycles. The van der Waals surface area contributed by atoms with Crippen molar-refractivity contribution in [1.82, 2.24) is 9.55 Å². The van der Waals surface area contributed by atoms with E-state index >= 15 is 0 Å². The molecule has 1 aliphatic rings. The van der Waals surface area contributed by atoms with Crippen LogP contribution in [0.3, 0.4) is 0 Å². The van der Waals surface area contributed by atoms with Crippen molar-refractivity contribution in [3.63, 3.8) is 0 Å². The summed E-state index contributed by atoms with van der Waals surface area (Å²) in [5.74, 6) is 0.485. The lowest BCUT2D eigenvalue weighted by Gasteiger charge is -2.33. The van der Waals surface area contributed by atoms with E-state index in [2.05, 4.69) is 11.6 Å². The fourth-order valence-electron chi connectivity index (χ4n) is 3.73. The third-order valence-electron chi connectivity index (χ3n) is 5.40. The van der Waals surface area contributed by atoms with E-state index in [1.165, 1.54) is 0 Å². The molecule has 0 spiro atoms. The molecule has 0 radical (unpaired) electrons. The molecular formula is C25H26N2O4. The van der Waals surface area contributed by atoms with Gasteiger partial charge in [0.1, 0.15) is 11.3 Å². The van der Waals surface area contributed by atoms with Crippen molar-refractivity contribution in [2.75, 3.05) is 0 Å². The van der Waals surface area contributed by atoms with Gasteiger partial charge in [0.05, 0.1) is 16.5 Å². The number of hydrogen-bond donors (Lipinski definition) is 0. The zero-order valence-electron chi connectivity index (χ0n) is 18.2. The highest BCUT2D eigenvalue weighted by molar-refractivity contribution is 6.08. The number of Topliss-reactive ketones (excluding diaryl/α,β-unsaturated/α-hetero) is 1. The highest BCUT2D eigenvalue weighted by Crippen LogP contribution is 2.41. The summed E-state index contributed by atoms with van der Waals surface area (Å²) in [6, 6.07) is 12.9. The van der Waals surface area contributed by atoms with E-state index in [9.17, 15) is 9.59 Å². The molecule has 2 atom stereocenters. The van der Waals surface area contributed by atoms with Crippen LogP contribution in [-0.4, -0.2) is 27.4 Å². The van der Waals surface area contributed by atoms with E-state index in [1.54, 1.807) is 32.9 Å². The summed E-state index contributed by atoms with van der Waals surface area (Å²) >= 11 is 0. The minimum atomic E-state index is -1.07. The highest BCUT2D eigenvalue weighted by Gasteiger charge is 2.43. The number of benzene rings is 2. The predicted octanol–water partition coefficient (Wildman–Crippen LogP) is 4.81. The van der Waals surface area contributed by atoms with Crippen molar-refractivity contribution in [2.24, 2.45) is 5.41 Å². The van der Waals surface area contributed by atoms with Gasteiger partial charge in [-0.1, -0.05) is 36.4 Å². The second-order valence-electron chi connectivity index (χ2n) is 8.76. The smallest absolute Gasteiger partial charge is 0.312 e. The first-order valence-electron chi connectivity index (χ1n) is 10.3. The van der Waals surface area contributed by atoms with Crippen LogP contribution in [0, 0.1) is 12.3 Å². The Morgan fingerprint density at radius 2 is 1.94 bits per heavy atom. The van der Waals surface area contributed by atoms with Crippen LogP contribution >= 0.6 is 0 Å². The van der Waals surface area contributed by atoms with Gasteiger partial charge in [0.2, 0.25) is 11.9 Å². The van der Waals surface area contributed by atoms with Crippen LogP contribution in [0.4, 0.5) is 0 Å². The maximum absolute atomic E-state index is 13.5. The fourth-order valence-corrected chi connectivity index (χ4v) is 3.73.